The zero-order valence-electron chi connectivity index (χ0n) is 11.4. The minimum Gasteiger partial charge on any atom is -0.454 e. The quantitative estimate of drug-likeness (QED) is 0.494. The van der Waals surface area contributed by atoms with E-state index in [0.717, 1.165) is 0 Å². The Bertz CT molecular complexity index is 514. The molecule has 1 fully saturated rings. The van der Waals surface area contributed by atoms with Crippen molar-refractivity contribution in [2.75, 3.05) is 0 Å². The number of epoxide rings is 1. The molecule has 0 aromatic carbocycles. The van der Waals surface area contributed by atoms with Crippen LogP contribution in [0, 0.1) is 5.41 Å². The van der Waals surface area contributed by atoms with E-state index in [4.69, 9.17) is 9.47 Å². The molecule has 1 aliphatic carbocycles. The Morgan fingerprint density at radius 1 is 1.26 bits per heavy atom. The second-order valence-electron chi connectivity index (χ2n) is 6.29. The molecule has 3 atom stereocenters. The molecule has 0 aromatic rings. The van der Waals surface area contributed by atoms with Gasteiger partial charge in [0.25, 0.3) is 0 Å². The van der Waals surface area contributed by atoms with Gasteiger partial charge in [0.15, 0.2) is 11.4 Å². The van der Waals surface area contributed by atoms with Gasteiger partial charge in [0, 0.05) is 11.0 Å². The lowest BCUT2D eigenvalue weighted by Gasteiger charge is -2.25. The maximum Gasteiger partial charge on any atom is 0.334 e. The lowest BCUT2D eigenvalue weighted by molar-refractivity contribution is -0.142. The third-order valence-corrected chi connectivity index (χ3v) is 4.36. The minimum atomic E-state index is -0.694. The van der Waals surface area contributed by atoms with Crippen LogP contribution in [-0.2, 0) is 19.1 Å². The highest BCUT2D eigenvalue weighted by molar-refractivity contribution is 5.99. The van der Waals surface area contributed by atoms with Crippen LogP contribution >= 0.6 is 0 Å². The molecule has 0 spiro atoms. The molecule has 2 heterocycles. The smallest absolute Gasteiger partial charge is 0.334 e. The van der Waals surface area contributed by atoms with Gasteiger partial charge in [-0.15, -0.1) is 0 Å². The topological polar surface area (TPSA) is 55.9 Å². The fourth-order valence-corrected chi connectivity index (χ4v) is 2.68. The lowest BCUT2D eigenvalue weighted by atomic mass is 9.85. The van der Waals surface area contributed by atoms with E-state index >= 15 is 0 Å². The van der Waals surface area contributed by atoms with Crippen molar-refractivity contribution in [1.82, 2.24) is 0 Å². The summed E-state index contributed by atoms with van der Waals surface area (Å²) in [6.45, 7) is 5.74. The van der Waals surface area contributed by atoms with Crippen molar-refractivity contribution >= 4 is 11.8 Å². The molecular formula is C15H18O4. The van der Waals surface area contributed by atoms with Crippen molar-refractivity contribution in [2.24, 2.45) is 5.41 Å². The van der Waals surface area contributed by atoms with Crippen LogP contribution in [0.4, 0.5) is 0 Å². The van der Waals surface area contributed by atoms with Crippen LogP contribution in [0.15, 0.2) is 23.8 Å². The maximum atomic E-state index is 12.1. The van der Waals surface area contributed by atoms with Gasteiger partial charge in [0.1, 0.15) is 6.10 Å². The summed E-state index contributed by atoms with van der Waals surface area (Å²) in [5.74, 6) is -0.236. The molecule has 0 radical (unpaired) electrons. The van der Waals surface area contributed by atoms with E-state index in [0.29, 0.717) is 18.4 Å². The number of carbonyl (C=O) groups excluding carboxylic acids is 2. The van der Waals surface area contributed by atoms with Crippen LogP contribution in [0.1, 0.15) is 33.6 Å². The number of fused-ring (bicyclic) bond motifs is 2. The summed E-state index contributed by atoms with van der Waals surface area (Å²) in [5.41, 5.74) is -0.377. The predicted molar refractivity (Wildman–Crippen MR) is 68.4 cm³/mol. The number of esters is 1. The summed E-state index contributed by atoms with van der Waals surface area (Å²) in [4.78, 5) is 23.9. The SMILES string of the molecule is CC1(C)/C=C/C(=O)[C@@]2(C)O[C@@H]2CCC2=C[C@@H]1OC2=O. The molecule has 4 nitrogen and oxygen atoms in total. The van der Waals surface area contributed by atoms with Crippen LogP contribution in [0.2, 0.25) is 0 Å². The molecule has 2 bridgehead atoms. The number of hydrogen-bond donors (Lipinski definition) is 0. The van der Waals surface area contributed by atoms with E-state index in [1.54, 1.807) is 6.08 Å². The molecule has 1 saturated heterocycles. The van der Waals surface area contributed by atoms with Gasteiger partial charge in [-0.25, -0.2) is 4.79 Å². The Labute approximate surface area is 112 Å². The van der Waals surface area contributed by atoms with Gasteiger partial charge in [-0.2, -0.15) is 0 Å². The van der Waals surface area contributed by atoms with Gasteiger partial charge in [-0.3, -0.25) is 4.79 Å². The summed E-state index contributed by atoms with van der Waals surface area (Å²) < 4.78 is 10.9. The highest BCUT2D eigenvalue weighted by Crippen LogP contribution is 2.43. The Kier molecular flexibility index (Phi) is 2.52. The summed E-state index contributed by atoms with van der Waals surface area (Å²) in [6.07, 6.45) is 6.21. The lowest BCUT2D eigenvalue weighted by Crippen LogP contribution is -2.28. The second-order valence-corrected chi connectivity index (χ2v) is 6.29. The fraction of sp³-hybridized carbons (Fsp3) is 0.600. The summed E-state index contributed by atoms with van der Waals surface area (Å²) >= 11 is 0. The van der Waals surface area contributed by atoms with Crippen molar-refractivity contribution in [3.8, 4) is 0 Å². The molecule has 0 aromatic heterocycles. The van der Waals surface area contributed by atoms with E-state index in [-0.39, 0.29) is 24.0 Å². The number of ether oxygens (including phenoxy) is 2. The van der Waals surface area contributed by atoms with Gasteiger partial charge >= 0.3 is 5.97 Å². The monoisotopic (exact) mass is 262 g/mol. The van der Waals surface area contributed by atoms with Gasteiger partial charge in [-0.1, -0.05) is 19.9 Å². The standard InChI is InChI=1S/C15H18O4/c1-14(2)7-6-10(16)15(3)11(19-15)5-4-9-8-12(14)18-13(9)17/h6-8,11-12H,4-5H2,1-3H3/b7-6+/t11-,12+,15-/m1/s1. The Balaban J connectivity index is 1.95. The molecule has 0 saturated carbocycles. The molecule has 3 rings (SSSR count). The molecule has 102 valence electrons. The first-order chi connectivity index (χ1) is 8.83. The van der Waals surface area contributed by atoms with E-state index in [1.165, 1.54) is 0 Å². The van der Waals surface area contributed by atoms with Crippen molar-refractivity contribution in [1.29, 1.82) is 0 Å². The van der Waals surface area contributed by atoms with E-state index < -0.39 is 11.0 Å². The Morgan fingerprint density at radius 3 is 2.74 bits per heavy atom. The molecule has 0 amide bonds. The van der Waals surface area contributed by atoms with Crippen molar-refractivity contribution in [3.63, 3.8) is 0 Å². The van der Waals surface area contributed by atoms with Crippen LogP contribution in [-0.4, -0.2) is 29.6 Å². The largest absolute Gasteiger partial charge is 0.454 e. The normalized spacial score (nSPS) is 41.7. The zero-order chi connectivity index (χ0) is 13.8. The van der Waals surface area contributed by atoms with Gasteiger partial charge in [-0.05, 0) is 31.9 Å². The zero-order valence-corrected chi connectivity index (χ0v) is 11.4. The molecule has 4 heteroatoms. The van der Waals surface area contributed by atoms with Gasteiger partial charge in [0.2, 0.25) is 0 Å². The summed E-state index contributed by atoms with van der Waals surface area (Å²) in [7, 11) is 0. The van der Waals surface area contributed by atoms with Crippen molar-refractivity contribution in [2.45, 2.75) is 51.4 Å². The van der Waals surface area contributed by atoms with E-state index in [1.807, 2.05) is 32.9 Å². The molecule has 19 heavy (non-hydrogen) atoms. The van der Waals surface area contributed by atoms with Crippen LogP contribution < -0.4 is 0 Å². The molecule has 0 N–H and O–H groups in total. The van der Waals surface area contributed by atoms with Gasteiger partial charge < -0.3 is 9.47 Å². The number of ketones is 1. The van der Waals surface area contributed by atoms with Crippen molar-refractivity contribution < 1.29 is 19.1 Å². The van der Waals surface area contributed by atoms with E-state index in [2.05, 4.69) is 0 Å². The summed E-state index contributed by atoms with van der Waals surface area (Å²) in [5, 5.41) is 0. The number of rotatable bonds is 0. The molecule has 0 unspecified atom stereocenters. The molecule has 3 aliphatic rings. The second kappa shape index (κ2) is 3.79. The van der Waals surface area contributed by atoms with Crippen LogP contribution in [0.3, 0.4) is 0 Å². The fourth-order valence-electron chi connectivity index (χ4n) is 2.68. The molecular weight excluding hydrogens is 244 g/mol. The number of hydrogen-bond acceptors (Lipinski definition) is 4. The molecule has 2 aliphatic heterocycles. The maximum absolute atomic E-state index is 12.1. The summed E-state index contributed by atoms with van der Waals surface area (Å²) in [6, 6.07) is 0. The number of carbonyl (C=O) groups is 2. The van der Waals surface area contributed by atoms with Crippen LogP contribution in [0.5, 0.6) is 0 Å². The first-order valence-electron chi connectivity index (χ1n) is 6.66. The average molecular weight is 262 g/mol. The highest BCUT2D eigenvalue weighted by Gasteiger charge is 2.57. The first-order valence-corrected chi connectivity index (χ1v) is 6.66. The van der Waals surface area contributed by atoms with Crippen molar-refractivity contribution in [3.05, 3.63) is 23.8 Å². The van der Waals surface area contributed by atoms with E-state index in [9.17, 15) is 9.59 Å². The Morgan fingerprint density at radius 2 is 2.00 bits per heavy atom. The Hall–Kier alpha value is -1.42. The highest BCUT2D eigenvalue weighted by atomic mass is 16.6. The minimum absolute atomic E-state index is 0.000301. The first kappa shape index (κ1) is 12.6. The van der Waals surface area contributed by atoms with Gasteiger partial charge in [0.05, 0.1) is 6.10 Å². The third-order valence-electron chi connectivity index (χ3n) is 4.36. The predicted octanol–water partition coefficient (Wildman–Crippen LogP) is 1.94. The third kappa shape index (κ3) is 1.94. The van der Waals surface area contributed by atoms with Crippen LogP contribution in [0.25, 0.3) is 0 Å². The average Bonchev–Trinajstić information content (AvgIpc) is 2.85.